The molecule has 3 nitrogen and oxygen atoms in total. The van der Waals surface area contributed by atoms with Crippen molar-refractivity contribution in [3.63, 3.8) is 0 Å². The number of fused-ring (bicyclic) bond motifs is 1. The maximum absolute atomic E-state index is 10.6. The van der Waals surface area contributed by atoms with Crippen LogP contribution in [0, 0.1) is 0 Å². The van der Waals surface area contributed by atoms with Crippen molar-refractivity contribution in [2.75, 3.05) is 11.9 Å². The zero-order chi connectivity index (χ0) is 14.0. The molecule has 2 aromatic rings. The number of nitrogens with zero attached hydrogens (tertiary/aromatic N) is 1. The SMILES string of the molecule is OC1(CNc2nccc3c(Br)cccc23)CCCCC1. The van der Waals surface area contributed by atoms with Crippen molar-refractivity contribution < 1.29 is 5.11 Å². The molecule has 0 amide bonds. The normalized spacial score (nSPS) is 18.1. The average Bonchev–Trinajstić information content (AvgIpc) is 2.47. The first-order valence-corrected chi connectivity index (χ1v) is 7.97. The summed E-state index contributed by atoms with van der Waals surface area (Å²) in [5, 5.41) is 16.1. The van der Waals surface area contributed by atoms with E-state index in [1.165, 1.54) is 6.42 Å². The molecular formula is C16H19BrN2O. The van der Waals surface area contributed by atoms with Crippen LogP contribution in [0.3, 0.4) is 0 Å². The van der Waals surface area contributed by atoms with E-state index in [0.29, 0.717) is 6.54 Å². The first-order chi connectivity index (χ1) is 9.68. The van der Waals surface area contributed by atoms with Gasteiger partial charge in [0, 0.05) is 28.0 Å². The number of rotatable bonds is 3. The Morgan fingerprint density at radius 3 is 2.75 bits per heavy atom. The van der Waals surface area contributed by atoms with Gasteiger partial charge < -0.3 is 10.4 Å². The molecule has 20 heavy (non-hydrogen) atoms. The Kier molecular flexibility index (Phi) is 3.94. The van der Waals surface area contributed by atoms with Crippen LogP contribution in [0.5, 0.6) is 0 Å². The lowest BCUT2D eigenvalue weighted by Crippen LogP contribution is -2.38. The van der Waals surface area contributed by atoms with E-state index >= 15 is 0 Å². The van der Waals surface area contributed by atoms with E-state index in [0.717, 1.165) is 46.7 Å². The zero-order valence-electron chi connectivity index (χ0n) is 11.4. The molecule has 1 aliphatic carbocycles. The number of anilines is 1. The van der Waals surface area contributed by atoms with Crippen molar-refractivity contribution in [1.29, 1.82) is 0 Å². The summed E-state index contributed by atoms with van der Waals surface area (Å²) in [6.45, 7) is 0.575. The summed E-state index contributed by atoms with van der Waals surface area (Å²) in [6, 6.07) is 8.09. The minimum absolute atomic E-state index is 0.575. The number of nitrogens with one attached hydrogen (secondary N) is 1. The standard InChI is InChI=1S/C16H19BrN2O/c17-14-6-4-5-13-12(14)7-10-18-15(13)19-11-16(20)8-2-1-3-9-16/h4-7,10,20H,1-3,8-9,11H2,(H,18,19). The van der Waals surface area contributed by atoms with Gasteiger partial charge in [-0.15, -0.1) is 0 Å². The highest BCUT2D eigenvalue weighted by atomic mass is 79.9. The highest BCUT2D eigenvalue weighted by molar-refractivity contribution is 9.10. The molecule has 2 N–H and O–H groups in total. The van der Waals surface area contributed by atoms with Crippen molar-refractivity contribution in [1.82, 2.24) is 4.98 Å². The fourth-order valence-corrected chi connectivity index (χ4v) is 3.44. The summed E-state index contributed by atoms with van der Waals surface area (Å²) in [4.78, 5) is 4.42. The van der Waals surface area contributed by atoms with E-state index in [9.17, 15) is 5.11 Å². The van der Waals surface area contributed by atoms with Gasteiger partial charge >= 0.3 is 0 Å². The number of pyridine rings is 1. The molecule has 0 saturated heterocycles. The van der Waals surface area contributed by atoms with Crippen LogP contribution in [0.2, 0.25) is 0 Å². The summed E-state index contributed by atoms with van der Waals surface area (Å²) in [5.74, 6) is 0.850. The van der Waals surface area contributed by atoms with Crippen LogP contribution in [-0.2, 0) is 0 Å². The quantitative estimate of drug-likeness (QED) is 0.887. The van der Waals surface area contributed by atoms with Gasteiger partial charge in [-0.05, 0) is 25.0 Å². The number of aromatic nitrogens is 1. The third-order valence-corrected chi connectivity index (χ3v) is 4.81. The molecule has 3 rings (SSSR count). The highest BCUT2D eigenvalue weighted by Crippen LogP contribution is 2.30. The van der Waals surface area contributed by atoms with E-state index in [-0.39, 0.29) is 0 Å². The third-order valence-electron chi connectivity index (χ3n) is 4.12. The molecule has 1 aromatic heterocycles. The van der Waals surface area contributed by atoms with Crippen molar-refractivity contribution >= 4 is 32.5 Å². The molecule has 1 saturated carbocycles. The maximum atomic E-state index is 10.6. The van der Waals surface area contributed by atoms with Crippen LogP contribution in [0.4, 0.5) is 5.82 Å². The smallest absolute Gasteiger partial charge is 0.133 e. The summed E-state index contributed by atoms with van der Waals surface area (Å²) < 4.78 is 1.07. The largest absolute Gasteiger partial charge is 0.388 e. The second-order valence-corrected chi connectivity index (χ2v) is 6.49. The number of benzene rings is 1. The summed E-state index contributed by atoms with van der Waals surface area (Å²) in [6.07, 6.45) is 7.05. The van der Waals surface area contributed by atoms with Gasteiger partial charge in [-0.25, -0.2) is 4.98 Å². The molecule has 1 aliphatic rings. The van der Waals surface area contributed by atoms with Crippen molar-refractivity contribution in [2.24, 2.45) is 0 Å². The van der Waals surface area contributed by atoms with Crippen LogP contribution in [-0.4, -0.2) is 22.2 Å². The van der Waals surface area contributed by atoms with E-state index in [1.807, 2.05) is 18.2 Å². The molecule has 0 bridgehead atoms. The minimum Gasteiger partial charge on any atom is -0.388 e. The Hall–Kier alpha value is -1.13. The van der Waals surface area contributed by atoms with Gasteiger partial charge in [0.25, 0.3) is 0 Å². The van der Waals surface area contributed by atoms with Crippen LogP contribution in [0.25, 0.3) is 10.8 Å². The Labute approximate surface area is 127 Å². The van der Waals surface area contributed by atoms with Crippen molar-refractivity contribution in [3.05, 3.63) is 34.9 Å². The maximum Gasteiger partial charge on any atom is 0.133 e. The molecule has 1 heterocycles. The van der Waals surface area contributed by atoms with Crippen LogP contribution in [0.15, 0.2) is 34.9 Å². The van der Waals surface area contributed by atoms with E-state index in [1.54, 1.807) is 6.20 Å². The van der Waals surface area contributed by atoms with Gasteiger partial charge in [0.05, 0.1) is 5.60 Å². The lowest BCUT2D eigenvalue weighted by Gasteiger charge is -2.32. The zero-order valence-corrected chi connectivity index (χ0v) is 13.0. The number of aliphatic hydroxyl groups is 1. The number of hydrogen-bond acceptors (Lipinski definition) is 3. The van der Waals surface area contributed by atoms with Gasteiger partial charge in [-0.3, -0.25) is 0 Å². The van der Waals surface area contributed by atoms with Crippen molar-refractivity contribution in [3.8, 4) is 0 Å². The molecule has 1 fully saturated rings. The predicted octanol–water partition coefficient (Wildman–Crippen LogP) is 4.10. The lowest BCUT2D eigenvalue weighted by molar-refractivity contribution is 0.0167. The summed E-state index contributed by atoms with van der Waals surface area (Å²) in [5.41, 5.74) is -0.575. The first kappa shape index (κ1) is 13.8. The van der Waals surface area contributed by atoms with Crippen LogP contribution >= 0.6 is 15.9 Å². The van der Waals surface area contributed by atoms with Gasteiger partial charge in [-0.1, -0.05) is 47.3 Å². The van der Waals surface area contributed by atoms with Gasteiger partial charge in [0.15, 0.2) is 0 Å². The Morgan fingerprint density at radius 1 is 1.15 bits per heavy atom. The second kappa shape index (κ2) is 5.70. The Morgan fingerprint density at radius 2 is 1.95 bits per heavy atom. The molecule has 0 unspecified atom stereocenters. The van der Waals surface area contributed by atoms with Gasteiger partial charge in [0.2, 0.25) is 0 Å². The molecule has 1 aromatic carbocycles. The van der Waals surface area contributed by atoms with E-state index < -0.39 is 5.60 Å². The molecule has 0 radical (unpaired) electrons. The Bertz CT molecular complexity index is 608. The van der Waals surface area contributed by atoms with Crippen molar-refractivity contribution in [2.45, 2.75) is 37.7 Å². The second-order valence-electron chi connectivity index (χ2n) is 5.63. The molecule has 0 spiro atoms. The molecular weight excluding hydrogens is 316 g/mol. The summed E-state index contributed by atoms with van der Waals surface area (Å²) in [7, 11) is 0. The monoisotopic (exact) mass is 334 g/mol. The molecule has 0 aliphatic heterocycles. The van der Waals surface area contributed by atoms with Crippen LogP contribution in [0.1, 0.15) is 32.1 Å². The van der Waals surface area contributed by atoms with E-state index in [2.05, 4.69) is 32.3 Å². The summed E-state index contributed by atoms with van der Waals surface area (Å²) >= 11 is 3.56. The topological polar surface area (TPSA) is 45.1 Å². The predicted molar refractivity (Wildman–Crippen MR) is 86.0 cm³/mol. The van der Waals surface area contributed by atoms with Gasteiger partial charge in [0.1, 0.15) is 5.82 Å². The van der Waals surface area contributed by atoms with E-state index in [4.69, 9.17) is 0 Å². The fourth-order valence-electron chi connectivity index (χ4n) is 2.94. The fraction of sp³-hybridized carbons (Fsp3) is 0.438. The molecule has 0 atom stereocenters. The first-order valence-electron chi connectivity index (χ1n) is 7.17. The number of halogens is 1. The van der Waals surface area contributed by atoms with Crippen LogP contribution < -0.4 is 5.32 Å². The molecule has 4 heteroatoms. The highest BCUT2D eigenvalue weighted by Gasteiger charge is 2.29. The lowest BCUT2D eigenvalue weighted by atomic mass is 9.85. The van der Waals surface area contributed by atoms with Gasteiger partial charge in [-0.2, -0.15) is 0 Å². The third kappa shape index (κ3) is 2.81. The number of hydrogen-bond donors (Lipinski definition) is 2. The average molecular weight is 335 g/mol. The Balaban J connectivity index is 1.82. The molecule has 106 valence electrons. The minimum atomic E-state index is -0.575.